The molecule has 6 rings (SSSR count). The van der Waals surface area contributed by atoms with Crippen molar-refractivity contribution in [1.29, 1.82) is 0 Å². The van der Waals surface area contributed by atoms with Gasteiger partial charge in [-0.1, -0.05) is 17.7 Å². The van der Waals surface area contributed by atoms with E-state index in [4.69, 9.17) is 26.2 Å². The van der Waals surface area contributed by atoms with E-state index in [9.17, 15) is 4.79 Å². The largest absolute Gasteiger partial charge is 0.454 e. The number of amides is 1. The van der Waals surface area contributed by atoms with Gasteiger partial charge in [-0.15, -0.1) is 0 Å². The van der Waals surface area contributed by atoms with Gasteiger partial charge in [-0.05, 0) is 60.2 Å². The van der Waals surface area contributed by atoms with E-state index >= 15 is 0 Å². The molecule has 1 saturated heterocycles. The standard InChI is InChI=1S/C27H26ClN5O3/c1-30-10-2-3-23(30)22-16-24(33(29-22)21-7-5-20(28)6-8-21)27(34)32-13-11-31(12-14-32)17-19-4-9-25-26(15-19)36-18-35-25/h2-10,15-16H,11-14,17-18H2,1H3. The van der Waals surface area contributed by atoms with E-state index in [0.29, 0.717) is 23.8 Å². The van der Waals surface area contributed by atoms with Crippen LogP contribution in [0.25, 0.3) is 17.1 Å². The molecule has 4 heterocycles. The summed E-state index contributed by atoms with van der Waals surface area (Å²) in [5.74, 6) is 1.56. The molecule has 1 fully saturated rings. The molecule has 0 spiro atoms. The number of hydrogen-bond acceptors (Lipinski definition) is 5. The number of aryl methyl sites for hydroxylation is 1. The highest BCUT2D eigenvalue weighted by molar-refractivity contribution is 6.30. The van der Waals surface area contributed by atoms with Crippen molar-refractivity contribution < 1.29 is 14.3 Å². The van der Waals surface area contributed by atoms with Crippen molar-refractivity contribution in [2.75, 3.05) is 33.0 Å². The lowest BCUT2D eigenvalue weighted by molar-refractivity contribution is 0.0619. The van der Waals surface area contributed by atoms with Crippen LogP contribution in [0.5, 0.6) is 11.5 Å². The number of halogens is 1. The van der Waals surface area contributed by atoms with E-state index in [-0.39, 0.29) is 12.7 Å². The Balaban J connectivity index is 1.20. The highest BCUT2D eigenvalue weighted by Crippen LogP contribution is 2.33. The average Bonchev–Trinajstić information content (AvgIpc) is 3.64. The molecule has 0 atom stereocenters. The van der Waals surface area contributed by atoms with Crippen molar-refractivity contribution in [3.05, 3.63) is 83.1 Å². The minimum atomic E-state index is -0.0272. The maximum Gasteiger partial charge on any atom is 0.272 e. The summed E-state index contributed by atoms with van der Waals surface area (Å²) in [5, 5.41) is 5.44. The molecule has 4 aromatic rings. The fraction of sp³-hybridized carbons (Fsp3) is 0.259. The van der Waals surface area contributed by atoms with Gasteiger partial charge < -0.3 is 18.9 Å². The van der Waals surface area contributed by atoms with Crippen LogP contribution in [0, 0.1) is 0 Å². The second kappa shape index (κ2) is 9.37. The molecule has 2 aliphatic rings. The summed E-state index contributed by atoms with van der Waals surface area (Å²) in [7, 11) is 1.97. The van der Waals surface area contributed by atoms with E-state index in [0.717, 1.165) is 48.2 Å². The molecule has 2 aromatic carbocycles. The zero-order chi connectivity index (χ0) is 24.6. The Kier molecular flexibility index (Phi) is 5.91. The number of benzene rings is 2. The predicted molar refractivity (Wildman–Crippen MR) is 137 cm³/mol. The topological polar surface area (TPSA) is 64.8 Å². The molecule has 9 heteroatoms. The lowest BCUT2D eigenvalue weighted by atomic mass is 10.1. The Labute approximate surface area is 214 Å². The number of hydrogen-bond donors (Lipinski definition) is 0. The van der Waals surface area contributed by atoms with Crippen LogP contribution in [0.3, 0.4) is 0 Å². The van der Waals surface area contributed by atoms with Crippen LogP contribution in [-0.4, -0.2) is 63.0 Å². The Hall–Kier alpha value is -3.75. The summed E-state index contributed by atoms with van der Waals surface area (Å²) >= 11 is 6.10. The molecule has 2 aromatic heterocycles. The van der Waals surface area contributed by atoms with Crippen LogP contribution >= 0.6 is 11.6 Å². The first-order chi connectivity index (χ1) is 17.5. The summed E-state index contributed by atoms with van der Waals surface area (Å²) in [4.78, 5) is 18.0. The van der Waals surface area contributed by atoms with Gasteiger partial charge in [0.25, 0.3) is 5.91 Å². The molecule has 0 saturated carbocycles. The Morgan fingerprint density at radius 2 is 1.75 bits per heavy atom. The maximum absolute atomic E-state index is 13.7. The summed E-state index contributed by atoms with van der Waals surface area (Å²) in [6.07, 6.45) is 1.97. The van der Waals surface area contributed by atoms with Crippen molar-refractivity contribution in [1.82, 2.24) is 24.1 Å². The van der Waals surface area contributed by atoms with Crippen LogP contribution in [0.4, 0.5) is 0 Å². The number of piperazine rings is 1. The number of rotatable bonds is 5. The second-order valence-electron chi connectivity index (χ2n) is 9.06. The molecule has 0 aliphatic carbocycles. The number of ether oxygens (including phenoxy) is 2. The van der Waals surface area contributed by atoms with Crippen LogP contribution in [0.15, 0.2) is 66.9 Å². The number of nitrogens with zero attached hydrogens (tertiary/aromatic N) is 5. The molecule has 184 valence electrons. The highest BCUT2D eigenvalue weighted by atomic mass is 35.5. The molecule has 1 amide bonds. The van der Waals surface area contributed by atoms with Crippen molar-refractivity contribution in [2.24, 2.45) is 7.05 Å². The van der Waals surface area contributed by atoms with E-state index in [2.05, 4.69) is 11.0 Å². The minimum absolute atomic E-state index is 0.0272. The lowest BCUT2D eigenvalue weighted by Crippen LogP contribution is -2.48. The minimum Gasteiger partial charge on any atom is -0.454 e. The average molecular weight is 504 g/mol. The summed E-state index contributed by atoms with van der Waals surface area (Å²) in [5.41, 5.74) is 4.21. The van der Waals surface area contributed by atoms with Crippen molar-refractivity contribution >= 4 is 17.5 Å². The number of carbonyl (C=O) groups is 1. The first kappa shape index (κ1) is 22.7. The Morgan fingerprint density at radius 3 is 2.50 bits per heavy atom. The van der Waals surface area contributed by atoms with Crippen LogP contribution in [0.1, 0.15) is 16.1 Å². The number of carbonyl (C=O) groups excluding carboxylic acids is 1. The van der Waals surface area contributed by atoms with Gasteiger partial charge in [-0.3, -0.25) is 9.69 Å². The van der Waals surface area contributed by atoms with Gasteiger partial charge >= 0.3 is 0 Å². The first-order valence-electron chi connectivity index (χ1n) is 11.9. The quantitative estimate of drug-likeness (QED) is 0.408. The van der Waals surface area contributed by atoms with Gasteiger partial charge in [0, 0.05) is 51.0 Å². The Morgan fingerprint density at radius 1 is 0.972 bits per heavy atom. The van der Waals surface area contributed by atoms with E-state index in [1.807, 2.05) is 77.3 Å². The maximum atomic E-state index is 13.7. The lowest BCUT2D eigenvalue weighted by Gasteiger charge is -2.34. The number of aromatic nitrogens is 3. The molecule has 0 bridgehead atoms. The third kappa shape index (κ3) is 4.34. The number of fused-ring (bicyclic) bond motifs is 1. The highest BCUT2D eigenvalue weighted by Gasteiger charge is 2.27. The molecule has 2 aliphatic heterocycles. The smallest absolute Gasteiger partial charge is 0.272 e. The van der Waals surface area contributed by atoms with Gasteiger partial charge in [-0.2, -0.15) is 5.10 Å². The van der Waals surface area contributed by atoms with Crippen LogP contribution < -0.4 is 9.47 Å². The van der Waals surface area contributed by atoms with Gasteiger partial charge in [0.15, 0.2) is 11.5 Å². The third-order valence-corrected chi connectivity index (χ3v) is 6.96. The van der Waals surface area contributed by atoms with Gasteiger partial charge in [-0.25, -0.2) is 4.68 Å². The second-order valence-corrected chi connectivity index (χ2v) is 9.50. The van der Waals surface area contributed by atoms with Crippen LogP contribution in [0.2, 0.25) is 5.02 Å². The molecule has 8 nitrogen and oxygen atoms in total. The van der Waals surface area contributed by atoms with Crippen molar-refractivity contribution in [3.8, 4) is 28.6 Å². The van der Waals surface area contributed by atoms with Crippen molar-refractivity contribution in [2.45, 2.75) is 6.54 Å². The zero-order valence-corrected chi connectivity index (χ0v) is 20.7. The molecular formula is C27H26ClN5O3. The molecule has 0 N–H and O–H groups in total. The van der Waals surface area contributed by atoms with Gasteiger partial charge in [0.1, 0.15) is 11.4 Å². The Bertz CT molecular complexity index is 1400. The van der Waals surface area contributed by atoms with E-state index < -0.39 is 0 Å². The fourth-order valence-electron chi connectivity index (χ4n) is 4.73. The SMILES string of the molecule is Cn1cccc1-c1cc(C(=O)N2CCN(Cc3ccc4c(c3)OCO4)CC2)n(-c2ccc(Cl)cc2)n1. The molecular weight excluding hydrogens is 478 g/mol. The summed E-state index contributed by atoms with van der Waals surface area (Å²) < 4.78 is 14.6. The normalized spacial score (nSPS) is 15.4. The van der Waals surface area contributed by atoms with Crippen LogP contribution in [-0.2, 0) is 13.6 Å². The molecule has 0 unspecified atom stereocenters. The van der Waals surface area contributed by atoms with E-state index in [1.54, 1.807) is 4.68 Å². The first-order valence-corrected chi connectivity index (χ1v) is 12.3. The van der Waals surface area contributed by atoms with Gasteiger partial charge in [0.2, 0.25) is 6.79 Å². The third-order valence-electron chi connectivity index (χ3n) is 6.71. The zero-order valence-electron chi connectivity index (χ0n) is 19.9. The summed E-state index contributed by atoms with van der Waals surface area (Å²) in [6, 6.07) is 19.3. The monoisotopic (exact) mass is 503 g/mol. The van der Waals surface area contributed by atoms with Gasteiger partial charge in [0.05, 0.1) is 11.4 Å². The van der Waals surface area contributed by atoms with Crippen molar-refractivity contribution in [3.63, 3.8) is 0 Å². The summed E-state index contributed by atoms with van der Waals surface area (Å²) in [6.45, 7) is 3.96. The molecule has 0 radical (unpaired) electrons. The predicted octanol–water partition coefficient (Wildman–Crippen LogP) is 4.22. The molecule has 36 heavy (non-hydrogen) atoms. The fourth-order valence-corrected chi connectivity index (χ4v) is 4.86. The van der Waals surface area contributed by atoms with E-state index in [1.165, 1.54) is 5.56 Å².